The molecule has 6 heteroatoms. The molecule has 0 bridgehead atoms. The molecule has 0 saturated heterocycles. The fourth-order valence-electron chi connectivity index (χ4n) is 4.51. The maximum absolute atomic E-state index is 12.4. The van der Waals surface area contributed by atoms with Crippen molar-refractivity contribution in [1.29, 1.82) is 0 Å². The molecule has 2 aliphatic carbocycles. The molecule has 4 N–H and O–H groups in total. The Morgan fingerprint density at radius 1 is 0.889 bits per heavy atom. The topological polar surface area (TPSA) is 107 Å². The van der Waals surface area contributed by atoms with Gasteiger partial charge in [-0.2, -0.15) is 0 Å². The summed E-state index contributed by atoms with van der Waals surface area (Å²) in [7, 11) is 1.43. The summed E-state index contributed by atoms with van der Waals surface area (Å²) in [6.45, 7) is 0. The standard InChI is InChI=1S/C21H16O6/c1-27-21-16-10-4-7-12(23)17-11(22)5-2-8(14(10)17)9-3-6-13(24)18(15(9)16)19(25)20(21)26/h2-7,19-21,23-26H,1H3/t19-,20-,21+/m1/s1. The molecule has 136 valence electrons. The van der Waals surface area contributed by atoms with E-state index in [0.29, 0.717) is 32.7 Å². The van der Waals surface area contributed by atoms with Gasteiger partial charge in [-0.25, -0.2) is 0 Å². The van der Waals surface area contributed by atoms with Gasteiger partial charge in [0.15, 0.2) is 5.78 Å². The molecule has 0 aromatic heterocycles. The van der Waals surface area contributed by atoms with Crippen LogP contribution in [0.25, 0.3) is 27.6 Å². The summed E-state index contributed by atoms with van der Waals surface area (Å²) in [6.07, 6.45) is -0.394. The zero-order chi connectivity index (χ0) is 19.0. The SMILES string of the molecule is CO[C@H]1c2c3ccc(O)c4c3c(c3ccc(O)c(c23)[C@@H](O)[C@H]1O)C=CC4=O. The van der Waals surface area contributed by atoms with E-state index in [1.54, 1.807) is 18.2 Å². The van der Waals surface area contributed by atoms with Gasteiger partial charge in [0.05, 0.1) is 5.56 Å². The van der Waals surface area contributed by atoms with Gasteiger partial charge in [-0.1, -0.05) is 12.1 Å². The number of hydrogen-bond acceptors (Lipinski definition) is 6. The normalized spacial score (nSPS) is 23.4. The molecule has 27 heavy (non-hydrogen) atoms. The number of aliphatic hydroxyl groups excluding tert-OH is 2. The van der Waals surface area contributed by atoms with Crippen molar-refractivity contribution in [1.82, 2.24) is 0 Å². The lowest BCUT2D eigenvalue weighted by Crippen LogP contribution is -2.32. The Labute approximate surface area is 153 Å². The summed E-state index contributed by atoms with van der Waals surface area (Å²) in [6, 6.07) is 6.27. The third-order valence-corrected chi connectivity index (χ3v) is 5.64. The number of fused-ring (bicyclic) bond motifs is 2. The molecular formula is C21H16O6. The van der Waals surface area contributed by atoms with Gasteiger partial charge in [0.2, 0.25) is 0 Å². The number of phenols is 2. The monoisotopic (exact) mass is 364 g/mol. The molecule has 6 nitrogen and oxygen atoms in total. The largest absolute Gasteiger partial charge is 0.508 e. The van der Waals surface area contributed by atoms with Gasteiger partial charge in [0, 0.05) is 18.1 Å². The Morgan fingerprint density at radius 3 is 2.33 bits per heavy atom. The van der Waals surface area contributed by atoms with Crippen LogP contribution in [0, 0.1) is 0 Å². The number of phenolic OH excluding ortho intramolecular Hbond substituents is 2. The lowest BCUT2D eigenvalue weighted by Gasteiger charge is -2.35. The highest BCUT2D eigenvalue weighted by molar-refractivity contribution is 6.26. The fraction of sp³-hybridized carbons (Fsp3) is 0.190. The zero-order valence-corrected chi connectivity index (χ0v) is 14.3. The second kappa shape index (κ2) is 5.29. The van der Waals surface area contributed by atoms with E-state index in [9.17, 15) is 25.2 Å². The van der Waals surface area contributed by atoms with Crippen LogP contribution < -0.4 is 0 Å². The van der Waals surface area contributed by atoms with Crippen molar-refractivity contribution in [3.63, 3.8) is 0 Å². The molecule has 2 aliphatic rings. The Morgan fingerprint density at radius 2 is 1.59 bits per heavy atom. The molecule has 0 spiro atoms. The van der Waals surface area contributed by atoms with Crippen molar-refractivity contribution in [2.24, 2.45) is 0 Å². The Hall–Kier alpha value is -2.93. The molecule has 0 saturated carbocycles. The van der Waals surface area contributed by atoms with Crippen LogP contribution in [0.4, 0.5) is 0 Å². The van der Waals surface area contributed by atoms with Crippen LogP contribution in [-0.2, 0) is 4.74 Å². The minimum absolute atomic E-state index is 0.117. The van der Waals surface area contributed by atoms with Crippen molar-refractivity contribution in [3.05, 3.63) is 52.6 Å². The van der Waals surface area contributed by atoms with Gasteiger partial charge in [-0.15, -0.1) is 0 Å². The molecule has 0 heterocycles. The van der Waals surface area contributed by atoms with Crippen LogP contribution in [0.5, 0.6) is 11.5 Å². The zero-order valence-electron chi connectivity index (χ0n) is 14.3. The summed E-state index contributed by atoms with van der Waals surface area (Å²) in [4.78, 5) is 12.4. The van der Waals surface area contributed by atoms with Crippen LogP contribution in [0.2, 0.25) is 0 Å². The van der Waals surface area contributed by atoms with Crippen molar-refractivity contribution in [3.8, 4) is 11.5 Å². The summed E-state index contributed by atoms with van der Waals surface area (Å²) < 4.78 is 5.50. The quantitative estimate of drug-likeness (QED) is 0.495. The number of ether oxygens (including phenoxy) is 1. The van der Waals surface area contributed by atoms with E-state index < -0.39 is 18.3 Å². The van der Waals surface area contributed by atoms with Gasteiger partial charge in [0.25, 0.3) is 0 Å². The molecule has 0 unspecified atom stereocenters. The van der Waals surface area contributed by atoms with Crippen molar-refractivity contribution < 1.29 is 30.0 Å². The number of benzene rings is 3. The summed E-state index contributed by atoms with van der Waals surface area (Å²) in [5.41, 5.74) is 1.74. The number of rotatable bonds is 1. The molecule has 5 rings (SSSR count). The molecule has 0 aliphatic heterocycles. The van der Waals surface area contributed by atoms with Crippen LogP contribution in [0.3, 0.4) is 0 Å². The van der Waals surface area contributed by atoms with E-state index >= 15 is 0 Å². The van der Waals surface area contributed by atoms with Crippen LogP contribution in [0.15, 0.2) is 30.3 Å². The van der Waals surface area contributed by atoms with Crippen LogP contribution >= 0.6 is 0 Å². The lowest BCUT2D eigenvalue weighted by molar-refractivity contribution is -0.0814. The fourth-order valence-corrected chi connectivity index (χ4v) is 4.51. The number of allylic oxidation sites excluding steroid dienone is 1. The highest BCUT2D eigenvalue weighted by atomic mass is 16.5. The van der Waals surface area contributed by atoms with E-state index in [-0.39, 0.29) is 28.4 Å². The van der Waals surface area contributed by atoms with Crippen molar-refractivity contribution in [2.75, 3.05) is 7.11 Å². The first-order valence-corrected chi connectivity index (χ1v) is 8.54. The Kier molecular flexibility index (Phi) is 3.19. The van der Waals surface area contributed by atoms with Crippen molar-refractivity contribution in [2.45, 2.75) is 18.3 Å². The summed E-state index contributed by atoms with van der Waals surface area (Å²) in [5, 5.41) is 44.4. The molecular weight excluding hydrogens is 348 g/mol. The maximum Gasteiger partial charge on any atom is 0.190 e. The van der Waals surface area contributed by atoms with E-state index in [1.165, 1.54) is 25.3 Å². The number of methoxy groups -OCH3 is 1. The average molecular weight is 364 g/mol. The number of hydrogen-bond donors (Lipinski definition) is 4. The predicted molar refractivity (Wildman–Crippen MR) is 98.9 cm³/mol. The van der Waals surface area contributed by atoms with E-state index in [0.717, 1.165) is 0 Å². The molecule has 0 radical (unpaired) electrons. The molecule has 3 aromatic rings. The number of aliphatic hydroxyl groups is 2. The highest BCUT2D eigenvalue weighted by Gasteiger charge is 2.40. The third kappa shape index (κ3) is 1.87. The number of carbonyl (C=O) groups is 1. The van der Waals surface area contributed by atoms with Gasteiger partial charge in [-0.3, -0.25) is 4.79 Å². The first kappa shape index (κ1) is 16.3. The second-order valence-corrected chi connectivity index (χ2v) is 6.92. The number of aromatic hydroxyl groups is 2. The van der Waals surface area contributed by atoms with Crippen molar-refractivity contribution >= 4 is 33.4 Å². The summed E-state index contributed by atoms with van der Waals surface area (Å²) >= 11 is 0. The minimum Gasteiger partial charge on any atom is -0.508 e. The lowest BCUT2D eigenvalue weighted by atomic mass is 9.76. The van der Waals surface area contributed by atoms with Gasteiger partial charge < -0.3 is 25.2 Å². The summed E-state index contributed by atoms with van der Waals surface area (Å²) in [5.74, 6) is -0.540. The first-order chi connectivity index (χ1) is 13.0. The van der Waals surface area contributed by atoms with Crippen LogP contribution in [-0.4, -0.2) is 39.4 Å². The van der Waals surface area contributed by atoms with E-state index in [1.807, 2.05) is 0 Å². The molecule has 3 aromatic carbocycles. The molecule has 0 fully saturated rings. The number of carbonyl (C=O) groups excluding carboxylic acids is 1. The second-order valence-electron chi connectivity index (χ2n) is 6.92. The highest BCUT2D eigenvalue weighted by Crippen LogP contribution is 2.51. The van der Waals surface area contributed by atoms with E-state index in [4.69, 9.17) is 4.74 Å². The van der Waals surface area contributed by atoms with E-state index in [2.05, 4.69) is 0 Å². The number of ketones is 1. The minimum atomic E-state index is -1.32. The van der Waals surface area contributed by atoms with Crippen LogP contribution in [0.1, 0.15) is 39.3 Å². The molecule has 0 amide bonds. The average Bonchev–Trinajstić information content (AvgIpc) is 2.65. The first-order valence-electron chi connectivity index (χ1n) is 8.54. The Bertz CT molecular complexity index is 1190. The Balaban J connectivity index is 2.12. The van der Waals surface area contributed by atoms with Gasteiger partial charge in [0.1, 0.15) is 29.8 Å². The maximum atomic E-state index is 12.4. The van der Waals surface area contributed by atoms with Gasteiger partial charge in [-0.05, 0) is 51.6 Å². The molecule has 3 atom stereocenters. The van der Waals surface area contributed by atoms with Gasteiger partial charge >= 0.3 is 0 Å². The third-order valence-electron chi connectivity index (χ3n) is 5.64. The predicted octanol–water partition coefficient (Wildman–Crippen LogP) is 2.71. The smallest absolute Gasteiger partial charge is 0.190 e.